The van der Waals surface area contributed by atoms with Crippen molar-refractivity contribution >= 4 is 34.7 Å². The second kappa shape index (κ2) is 7.72. The van der Waals surface area contributed by atoms with Gasteiger partial charge in [-0.05, 0) is 35.7 Å². The van der Waals surface area contributed by atoms with Crippen LogP contribution in [-0.4, -0.2) is 32.6 Å². The van der Waals surface area contributed by atoms with Crippen LogP contribution in [-0.2, 0) is 4.79 Å². The van der Waals surface area contributed by atoms with Crippen molar-refractivity contribution < 1.29 is 18.0 Å². The van der Waals surface area contributed by atoms with Gasteiger partial charge in [-0.2, -0.15) is 5.10 Å². The monoisotopic (exact) mass is 426 g/mol. The summed E-state index contributed by atoms with van der Waals surface area (Å²) in [5.74, 6) is 1.41. The number of amides is 1. The summed E-state index contributed by atoms with van der Waals surface area (Å²) in [5, 5.41) is 16.3. The number of nitrogens with zero attached hydrogens (tertiary/aromatic N) is 4. The minimum atomic E-state index is -0.267. The van der Waals surface area contributed by atoms with E-state index in [4.69, 9.17) is 13.3 Å². The van der Waals surface area contributed by atoms with Gasteiger partial charge >= 0.3 is 0 Å². The highest BCUT2D eigenvalue weighted by atomic mass is 32.2. The molecular formula is C19H14N4O4S2. The normalized spacial score (nSPS) is 16.3. The van der Waals surface area contributed by atoms with Crippen molar-refractivity contribution in [2.75, 3.05) is 5.75 Å². The molecule has 0 radical (unpaired) electrons. The molecule has 4 aromatic heterocycles. The Morgan fingerprint density at radius 3 is 2.83 bits per heavy atom. The largest absolute Gasteiger partial charge is 0.467 e. The quantitative estimate of drug-likeness (QED) is 0.420. The maximum atomic E-state index is 12.9. The first-order valence-corrected chi connectivity index (χ1v) is 10.6. The average Bonchev–Trinajstić information content (AvgIpc) is 3.56. The lowest BCUT2D eigenvalue weighted by Gasteiger charge is -2.19. The van der Waals surface area contributed by atoms with Crippen LogP contribution in [0.1, 0.15) is 23.1 Å². The smallest absolute Gasteiger partial charge is 0.284 e. The summed E-state index contributed by atoms with van der Waals surface area (Å²) in [4.78, 5) is 14.0. The number of aromatic nitrogens is 2. The van der Waals surface area contributed by atoms with Gasteiger partial charge in [0.25, 0.3) is 17.0 Å². The van der Waals surface area contributed by atoms with Gasteiger partial charge in [-0.25, -0.2) is 5.01 Å². The van der Waals surface area contributed by atoms with E-state index in [1.807, 2.05) is 29.6 Å². The molecule has 5 heterocycles. The molecule has 29 heavy (non-hydrogen) atoms. The highest BCUT2D eigenvalue weighted by Gasteiger charge is 2.35. The van der Waals surface area contributed by atoms with E-state index in [-0.39, 0.29) is 23.6 Å². The molecule has 0 aromatic carbocycles. The van der Waals surface area contributed by atoms with Gasteiger partial charge in [0, 0.05) is 6.42 Å². The fourth-order valence-electron chi connectivity index (χ4n) is 2.99. The summed E-state index contributed by atoms with van der Waals surface area (Å²) < 4.78 is 16.3. The number of hydrogen-bond donors (Lipinski definition) is 0. The average molecular weight is 426 g/mol. The van der Waals surface area contributed by atoms with Crippen molar-refractivity contribution in [3.05, 3.63) is 64.9 Å². The Hall–Kier alpha value is -3.11. The summed E-state index contributed by atoms with van der Waals surface area (Å²) >= 11 is 2.76. The van der Waals surface area contributed by atoms with E-state index in [0.29, 0.717) is 23.2 Å². The molecule has 0 fully saturated rings. The third-order valence-electron chi connectivity index (χ3n) is 4.30. The number of carbonyl (C=O) groups is 1. The summed E-state index contributed by atoms with van der Waals surface area (Å²) in [7, 11) is 0. The number of thioether (sulfide) groups is 1. The Kier molecular flexibility index (Phi) is 4.78. The van der Waals surface area contributed by atoms with Gasteiger partial charge < -0.3 is 13.3 Å². The molecule has 1 aliphatic rings. The SMILES string of the molecule is O=C(CSc1nnc(-c2ccco2)o1)N1N=C(c2cccs2)CC1c1ccco1. The summed E-state index contributed by atoms with van der Waals surface area (Å²) in [6.45, 7) is 0. The van der Waals surface area contributed by atoms with Crippen LogP contribution in [0.4, 0.5) is 0 Å². The molecular weight excluding hydrogens is 412 g/mol. The minimum absolute atomic E-state index is 0.109. The number of carbonyl (C=O) groups excluding carboxylic acids is 1. The zero-order chi connectivity index (χ0) is 19.6. The van der Waals surface area contributed by atoms with Crippen molar-refractivity contribution in [3.63, 3.8) is 0 Å². The fourth-order valence-corrected chi connectivity index (χ4v) is 4.33. The maximum Gasteiger partial charge on any atom is 0.284 e. The van der Waals surface area contributed by atoms with Crippen LogP contribution >= 0.6 is 23.1 Å². The summed E-state index contributed by atoms with van der Waals surface area (Å²) in [6.07, 6.45) is 3.74. The number of rotatable bonds is 6. The molecule has 0 aliphatic carbocycles. The van der Waals surface area contributed by atoms with Gasteiger partial charge in [0.2, 0.25) is 0 Å². The number of hydrogen-bond acceptors (Lipinski definition) is 9. The van der Waals surface area contributed by atoms with Gasteiger partial charge in [-0.1, -0.05) is 17.8 Å². The van der Waals surface area contributed by atoms with Crippen molar-refractivity contribution in [3.8, 4) is 11.7 Å². The van der Waals surface area contributed by atoms with E-state index < -0.39 is 0 Å². The highest BCUT2D eigenvalue weighted by Crippen LogP contribution is 2.35. The van der Waals surface area contributed by atoms with E-state index in [9.17, 15) is 4.79 Å². The first-order chi connectivity index (χ1) is 14.3. The number of hydrazone groups is 1. The Morgan fingerprint density at radius 2 is 2.07 bits per heavy atom. The molecule has 8 nitrogen and oxygen atoms in total. The van der Waals surface area contributed by atoms with Gasteiger partial charge in [-0.3, -0.25) is 4.79 Å². The number of thiophene rings is 1. The van der Waals surface area contributed by atoms with E-state index in [1.165, 1.54) is 11.3 Å². The molecule has 5 rings (SSSR count). The summed E-state index contributed by atoms with van der Waals surface area (Å²) in [6, 6.07) is 10.8. The van der Waals surface area contributed by atoms with Crippen LogP contribution in [0.5, 0.6) is 0 Å². The molecule has 1 amide bonds. The Morgan fingerprint density at radius 1 is 1.17 bits per heavy atom. The van der Waals surface area contributed by atoms with Crippen LogP contribution < -0.4 is 0 Å². The van der Waals surface area contributed by atoms with Crippen molar-refractivity contribution in [1.29, 1.82) is 0 Å². The molecule has 146 valence electrons. The highest BCUT2D eigenvalue weighted by molar-refractivity contribution is 7.99. The molecule has 0 spiro atoms. The second-order valence-electron chi connectivity index (χ2n) is 6.14. The standard InChI is InChI=1S/C19H14N4O4S2/c24-17(11-29-19-21-20-18(27-19)15-5-2-8-26-15)23-13(14-4-1-7-25-14)10-12(22-23)16-6-3-9-28-16/h1-9,13H,10-11H2. The summed E-state index contributed by atoms with van der Waals surface area (Å²) in [5.41, 5.74) is 0.873. The zero-order valence-corrected chi connectivity index (χ0v) is 16.6. The van der Waals surface area contributed by atoms with Crippen LogP contribution in [0.25, 0.3) is 11.7 Å². The van der Waals surface area contributed by atoms with Gasteiger partial charge in [-0.15, -0.1) is 21.5 Å². The first-order valence-electron chi connectivity index (χ1n) is 8.75. The predicted molar refractivity (Wildman–Crippen MR) is 106 cm³/mol. The lowest BCUT2D eigenvalue weighted by Crippen LogP contribution is -2.28. The van der Waals surface area contributed by atoms with E-state index >= 15 is 0 Å². The molecule has 0 N–H and O–H groups in total. The Balaban J connectivity index is 1.31. The topological polar surface area (TPSA) is 97.9 Å². The Bertz CT molecular complexity index is 1120. The molecule has 1 atom stereocenters. The predicted octanol–water partition coefficient (Wildman–Crippen LogP) is 4.45. The van der Waals surface area contributed by atoms with Gasteiger partial charge in [0.15, 0.2) is 5.76 Å². The van der Waals surface area contributed by atoms with Gasteiger partial charge in [0.1, 0.15) is 11.8 Å². The molecule has 4 aromatic rings. The van der Waals surface area contributed by atoms with Crippen molar-refractivity contribution in [2.24, 2.45) is 5.10 Å². The molecule has 1 aliphatic heterocycles. The second-order valence-corrected chi connectivity index (χ2v) is 8.01. The molecule has 10 heteroatoms. The van der Waals surface area contributed by atoms with E-state index in [2.05, 4.69) is 15.3 Å². The minimum Gasteiger partial charge on any atom is -0.467 e. The number of furan rings is 2. The Labute approximate surface area is 173 Å². The molecule has 1 unspecified atom stereocenters. The van der Waals surface area contributed by atoms with Gasteiger partial charge in [0.05, 0.1) is 28.9 Å². The molecule has 0 saturated carbocycles. The van der Waals surface area contributed by atoms with E-state index in [0.717, 1.165) is 22.4 Å². The third kappa shape index (κ3) is 3.64. The molecule has 0 bridgehead atoms. The van der Waals surface area contributed by atoms with Crippen LogP contribution in [0.2, 0.25) is 0 Å². The molecule has 0 saturated heterocycles. The lowest BCUT2D eigenvalue weighted by molar-refractivity contribution is -0.130. The van der Waals surface area contributed by atoms with Crippen molar-refractivity contribution in [2.45, 2.75) is 17.7 Å². The lowest BCUT2D eigenvalue weighted by atomic mass is 10.1. The van der Waals surface area contributed by atoms with Crippen LogP contribution in [0.15, 0.2) is 77.9 Å². The van der Waals surface area contributed by atoms with Crippen LogP contribution in [0.3, 0.4) is 0 Å². The van der Waals surface area contributed by atoms with Crippen molar-refractivity contribution in [1.82, 2.24) is 15.2 Å². The zero-order valence-electron chi connectivity index (χ0n) is 14.9. The third-order valence-corrected chi connectivity index (χ3v) is 6.02. The van der Waals surface area contributed by atoms with Crippen LogP contribution in [0, 0.1) is 0 Å². The first kappa shape index (κ1) is 18.0. The maximum absolute atomic E-state index is 12.9. The fraction of sp³-hybridized carbons (Fsp3) is 0.158. The van der Waals surface area contributed by atoms with E-state index in [1.54, 1.807) is 29.7 Å².